The zero-order valence-corrected chi connectivity index (χ0v) is 8.83. The highest BCUT2D eigenvalue weighted by Gasteiger charge is 2.21. The quantitative estimate of drug-likeness (QED) is 0.890. The first-order chi connectivity index (χ1) is 6.93. The molecule has 0 bridgehead atoms. The lowest BCUT2D eigenvalue weighted by Crippen LogP contribution is -2.04. The minimum Gasteiger partial charge on any atom is -0.505 e. The monoisotopic (exact) mass is 281 g/mol. The molecule has 1 aromatic rings. The van der Waals surface area contributed by atoms with Gasteiger partial charge in [0.05, 0.1) is 17.7 Å². The summed E-state index contributed by atoms with van der Waals surface area (Å²) in [5.74, 6) is -2.03. The summed E-state index contributed by atoms with van der Waals surface area (Å²) in [7, 11) is 0. The summed E-state index contributed by atoms with van der Waals surface area (Å²) in [5.41, 5.74) is -0.915. The Labute approximate surface area is 91.7 Å². The van der Waals surface area contributed by atoms with Gasteiger partial charge in [-0.3, -0.25) is 9.78 Å². The number of halogens is 3. The molecule has 0 spiro atoms. The molecular formula is C8H6BrF2NO3. The van der Waals surface area contributed by atoms with Crippen molar-refractivity contribution in [1.29, 1.82) is 0 Å². The molecule has 0 aliphatic rings. The second-order valence-corrected chi connectivity index (χ2v) is 3.54. The number of carboxylic acids is 1. The molecule has 1 heterocycles. The Bertz CT molecular complexity index is 398. The fraction of sp³-hybridized carbons (Fsp3) is 0.250. The molecule has 1 aromatic heterocycles. The molecule has 0 amide bonds. The summed E-state index contributed by atoms with van der Waals surface area (Å²) in [6.45, 7) is 0. The number of carbonyl (C=O) groups is 1. The summed E-state index contributed by atoms with van der Waals surface area (Å²) in [4.78, 5) is 13.9. The molecule has 0 saturated heterocycles. The van der Waals surface area contributed by atoms with E-state index in [9.17, 15) is 18.7 Å². The highest BCUT2D eigenvalue weighted by molar-refractivity contribution is 9.10. The van der Waals surface area contributed by atoms with Crippen LogP contribution in [0.3, 0.4) is 0 Å². The van der Waals surface area contributed by atoms with E-state index in [-0.39, 0.29) is 10.2 Å². The normalized spacial score (nSPS) is 10.7. The van der Waals surface area contributed by atoms with Gasteiger partial charge in [-0.2, -0.15) is 0 Å². The van der Waals surface area contributed by atoms with Gasteiger partial charge in [0.2, 0.25) is 0 Å². The highest BCUT2D eigenvalue weighted by Crippen LogP contribution is 2.35. The number of aromatic hydroxyl groups is 1. The fourth-order valence-corrected chi connectivity index (χ4v) is 1.48. The van der Waals surface area contributed by atoms with E-state index in [2.05, 4.69) is 20.9 Å². The zero-order chi connectivity index (χ0) is 11.6. The lowest BCUT2D eigenvalue weighted by molar-refractivity contribution is -0.136. The molecule has 0 atom stereocenters. The molecule has 0 unspecified atom stereocenters. The molecule has 0 aliphatic heterocycles. The van der Waals surface area contributed by atoms with Gasteiger partial charge in [-0.1, -0.05) is 0 Å². The van der Waals surface area contributed by atoms with Gasteiger partial charge < -0.3 is 10.2 Å². The lowest BCUT2D eigenvalue weighted by atomic mass is 10.1. The van der Waals surface area contributed by atoms with Crippen LogP contribution in [0.25, 0.3) is 0 Å². The number of rotatable bonds is 3. The largest absolute Gasteiger partial charge is 0.505 e. The summed E-state index contributed by atoms with van der Waals surface area (Å²) < 4.78 is 24.8. The second kappa shape index (κ2) is 4.52. The number of carboxylic acid groups (broad SMARTS) is 1. The first-order valence-electron chi connectivity index (χ1n) is 3.79. The molecule has 0 fully saturated rings. The highest BCUT2D eigenvalue weighted by atomic mass is 79.9. The van der Waals surface area contributed by atoms with Crippen LogP contribution in [-0.2, 0) is 11.2 Å². The van der Waals surface area contributed by atoms with E-state index in [1.54, 1.807) is 0 Å². The maximum Gasteiger partial charge on any atom is 0.309 e. The minimum atomic E-state index is -2.89. The molecule has 15 heavy (non-hydrogen) atoms. The number of nitrogens with zero attached hydrogens (tertiary/aromatic N) is 1. The molecule has 4 nitrogen and oxygen atoms in total. The van der Waals surface area contributed by atoms with Gasteiger partial charge in [0.25, 0.3) is 6.43 Å². The Kier molecular flexibility index (Phi) is 3.57. The number of hydrogen-bond donors (Lipinski definition) is 2. The Hall–Kier alpha value is -1.24. The molecule has 0 radical (unpaired) electrons. The molecule has 1 rings (SSSR count). The molecule has 82 valence electrons. The van der Waals surface area contributed by atoms with Gasteiger partial charge in [0.15, 0.2) is 0 Å². The molecule has 0 aliphatic carbocycles. The topological polar surface area (TPSA) is 70.4 Å². The molecule has 0 saturated carbocycles. The Balaban J connectivity index is 3.22. The van der Waals surface area contributed by atoms with Gasteiger partial charge in [-0.05, 0) is 15.9 Å². The summed E-state index contributed by atoms with van der Waals surface area (Å²) >= 11 is 2.80. The number of alkyl halides is 2. The average Bonchev–Trinajstić information content (AvgIpc) is 2.09. The third-order valence-corrected chi connectivity index (χ3v) is 2.29. The van der Waals surface area contributed by atoms with Crippen LogP contribution in [0.2, 0.25) is 0 Å². The molecule has 7 heteroatoms. The molecule has 0 aromatic carbocycles. The standard InChI is InChI=1S/C8H6BrF2NO3/c9-3-2-12-4(1-5(13)14)7(15)6(3)8(10)11/h2,8,15H,1H2,(H,13,14). The van der Waals surface area contributed by atoms with Crippen molar-refractivity contribution in [1.82, 2.24) is 4.98 Å². The van der Waals surface area contributed by atoms with Crippen LogP contribution in [-0.4, -0.2) is 21.2 Å². The van der Waals surface area contributed by atoms with Crippen molar-refractivity contribution >= 4 is 21.9 Å². The Morgan fingerprint density at radius 1 is 1.60 bits per heavy atom. The van der Waals surface area contributed by atoms with Crippen LogP contribution in [0.1, 0.15) is 17.7 Å². The molecule has 2 N–H and O–H groups in total. The van der Waals surface area contributed by atoms with E-state index in [1.165, 1.54) is 0 Å². The van der Waals surface area contributed by atoms with E-state index in [1.807, 2.05) is 0 Å². The zero-order valence-electron chi connectivity index (χ0n) is 7.25. The van der Waals surface area contributed by atoms with Crippen LogP contribution >= 0.6 is 15.9 Å². The maximum absolute atomic E-state index is 12.4. The first kappa shape index (κ1) is 11.8. The SMILES string of the molecule is O=C(O)Cc1ncc(Br)c(C(F)F)c1O. The van der Waals surface area contributed by atoms with Crippen molar-refractivity contribution < 1.29 is 23.8 Å². The Morgan fingerprint density at radius 2 is 2.20 bits per heavy atom. The third kappa shape index (κ3) is 2.62. The summed E-state index contributed by atoms with van der Waals surface area (Å²) in [6, 6.07) is 0. The van der Waals surface area contributed by atoms with Crippen LogP contribution in [0, 0.1) is 0 Å². The van der Waals surface area contributed by atoms with Crippen molar-refractivity contribution in [2.45, 2.75) is 12.8 Å². The van der Waals surface area contributed by atoms with Gasteiger partial charge >= 0.3 is 5.97 Å². The van der Waals surface area contributed by atoms with Crippen LogP contribution in [0.4, 0.5) is 8.78 Å². The van der Waals surface area contributed by atoms with Gasteiger partial charge in [-0.25, -0.2) is 8.78 Å². The van der Waals surface area contributed by atoms with Crippen molar-refractivity contribution in [2.24, 2.45) is 0 Å². The van der Waals surface area contributed by atoms with E-state index < -0.39 is 30.1 Å². The van der Waals surface area contributed by atoms with Crippen LogP contribution in [0.5, 0.6) is 5.75 Å². The summed E-state index contributed by atoms with van der Waals surface area (Å²) in [5, 5.41) is 17.8. The second-order valence-electron chi connectivity index (χ2n) is 2.69. The van der Waals surface area contributed by atoms with Crippen molar-refractivity contribution in [2.75, 3.05) is 0 Å². The van der Waals surface area contributed by atoms with Crippen molar-refractivity contribution in [3.8, 4) is 5.75 Å². The Morgan fingerprint density at radius 3 is 2.67 bits per heavy atom. The van der Waals surface area contributed by atoms with Crippen molar-refractivity contribution in [3.05, 3.63) is 21.9 Å². The van der Waals surface area contributed by atoms with Crippen molar-refractivity contribution in [3.63, 3.8) is 0 Å². The van der Waals surface area contributed by atoms with Gasteiger partial charge in [0, 0.05) is 10.7 Å². The lowest BCUT2D eigenvalue weighted by Gasteiger charge is -2.08. The molecular weight excluding hydrogens is 276 g/mol. The van der Waals surface area contributed by atoms with E-state index >= 15 is 0 Å². The third-order valence-electron chi connectivity index (χ3n) is 1.66. The fourth-order valence-electron chi connectivity index (χ4n) is 1.01. The number of pyridine rings is 1. The van der Waals surface area contributed by atoms with E-state index in [0.29, 0.717) is 0 Å². The first-order valence-corrected chi connectivity index (χ1v) is 4.59. The van der Waals surface area contributed by atoms with Gasteiger partial charge in [0.1, 0.15) is 5.75 Å². The average molecular weight is 282 g/mol. The van der Waals surface area contributed by atoms with E-state index in [0.717, 1.165) is 6.20 Å². The van der Waals surface area contributed by atoms with E-state index in [4.69, 9.17) is 5.11 Å². The number of hydrogen-bond acceptors (Lipinski definition) is 3. The minimum absolute atomic E-state index is 0.0517. The van der Waals surface area contributed by atoms with Gasteiger partial charge in [-0.15, -0.1) is 0 Å². The predicted molar refractivity (Wildman–Crippen MR) is 49.9 cm³/mol. The predicted octanol–water partition coefficient (Wildman–Crippen LogP) is 2.11. The van der Waals surface area contributed by atoms with Crippen LogP contribution < -0.4 is 0 Å². The smallest absolute Gasteiger partial charge is 0.309 e. The number of aromatic nitrogens is 1. The number of aliphatic carboxylic acids is 1. The summed E-state index contributed by atoms with van der Waals surface area (Å²) in [6.07, 6.45) is -2.45. The maximum atomic E-state index is 12.4. The van der Waals surface area contributed by atoms with Crippen LogP contribution in [0.15, 0.2) is 10.7 Å².